The summed E-state index contributed by atoms with van der Waals surface area (Å²) in [5, 5.41) is 0.921. The first-order chi connectivity index (χ1) is 8.72. The summed E-state index contributed by atoms with van der Waals surface area (Å²) in [6, 6.07) is 9.40. The van der Waals surface area contributed by atoms with Gasteiger partial charge in [-0.1, -0.05) is 22.0 Å². The number of hydrogen-bond donors (Lipinski definition) is 0. The first-order valence-corrected chi connectivity index (χ1v) is 6.32. The molecule has 94 valence electrons. The number of carbonyl (C=O) groups excluding carboxylic acids is 1. The fourth-order valence-corrected chi connectivity index (χ4v) is 1.88. The average Bonchev–Trinajstić information content (AvgIpc) is 2.43. The average molecular weight is 310 g/mol. The number of rotatable bonds is 4. The van der Waals surface area contributed by atoms with Crippen molar-refractivity contribution in [3.05, 3.63) is 36.5 Å². The van der Waals surface area contributed by atoms with Crippen LogP contribution in [-0.4, -0.2) is 29.5 Å². The summed E-state index contributed by atoms with van der Waals surface area (Å²) in [5.74, 6) is 0.349. The monoisotopic (exact) mass is 309 g/mol. The number of methoxy groups -OCH3 is 1. The first-order valence-electron chi connectivity index (χ1n) is 5.41. The standard InChI is InChI=1S/C13H12BrNO3/c1-17-13(16)10(14)8-18-12-6-2-5-11-9(12)4-3-7-15-11/h2-7,10H,8H2,1H3. The van der Waals surface area contributed by atoms with E-state index in [-0.39, 0.29) is 12.6 Å². The molecular formula is C13H12BrNO3. The number of hydrogen-bond acceptors (Lipinski definition) is 4. The van der Waals surface area contributed by atoms with Gasteiger partial charge in [-0.05, 0) is 24.3 Å². The molecule has 2 rings (SSSR count). The van der Waals surface area contributed by atoms with Crippen molar-refractivity contribution >= 4 is 32.8 Å². The third-order valence-corrected chi connectivity index (χ3v) is 3.09. The van der Waals surface area contributed by atoms with Gasteiger partial charge in [-0.15, -0.1) is 0 Å². The van der Waals surface area contributed by atoms with E-state index in [0.29, 0.717) is 5.75 Å². The second-order valence-corrected chi connectivity index (χ2v) is 4.73. The molecule has 5 heteroatoms. The van der Waals surface area contributed by atoms with E-state index < -0.39 is 4.83 Å². The van der Waals surface area contributed by atoms with Crippen LogP contribution in [-0.2, 0) is 9.53 Å². The van der Waals surface area contributed by atoms with Crippen LogP contribution in [0.3, 0.4) is 0 Å². The molecule has 0 saturated carbocycles. The van der Waals surface area contributed by atoms with Gasteiger partial charge in [-0.2, -0.15) is 0 Å². The van der Waals surface area contributed by atoms with Gasteiger partial charge in [0.2, 0.25) is 0 Å². The highest BCUT2D eigenvalue weighted by molar-refractivity contribution is 9.10. The number of nitrogens with zero attached hydrogens (tertiary/aromatic N) is 1. The maximum atomic E-state index is 11.2. The fraction of sp³-hybridized carbons (Fsp3) is 0.231. The number of ether oxygens (including phenoxy) is 2. The van der Waals surface area contributed by atoms with Crippen molar-refractivity contribution in [3.8, 4) is 5.75 Å². The van der Waals surface area contributed by atoms with Crippen LogP contribution in [0.1, 0.15) is 0 Å². The van der Waals surface area contributed by atoms with Crippen LogP contribution >= 0.6 is 15.9 Å². The molecule has 0 radical (unpaired) electrons. The predicted molar refractivity (Wildman–Crippen MR) is 72.0 cm³/mol. The summed E-state index contributed by atoms with van der Waals surface area (Å²) in [6.07, 6.45) is 1.73. The number of esters is 1. The summed E-state index contributed by atoms with van der Waals surface area (Å²) >= 11 is 3.21. The fourth-order valence-electron chi connectivity index (χ4n) is 1.56. The largest absolute Gasteiger partial charge is 0.491 e. The zero-order valence-electron chi connectivity index (χ0n) is 9.80. The van der Waals surface area contributed by atoms with Crippen molar-refractivity contribution in [1.29, 1.82) is 0 Å². The predicted octanol–water partition coefficient (Wildman–Crippen LogP) is 2.55. The summed E-state index contributed by atoms with van der Waals surface area (Å²) in [4.78, 5) is 15.0. The molecule has 1 aromatic carbocycles. The second-order valence-electron chi connectivity index (χ2n) is 3.63. The van der Waals surface area contributed by atoms with Gasteiger partial charge >= 0.3 is 5.97 Å². The Kier molecular flexibility index (Phi) is 4.15. The Hall–Kier alpha value is -1.62. The zero-order valence-corrected chi connectivity index (χ0v) is 11.4. The molecule has 4 nitrogen and oxygen atoms in total. The lowest BCUT2D eigenvalue weighted by atomic mass is 10.2. The van der Waals surface area contributed by atoms with Crippen LogP contribution in [0, 0.1) is 0 Å². The molecule has 0 fully saturated rings. The minimum Gasteiger partial charge on any atom is -0.491 e. The Morgan fingerprint density at radius 2 is 2.22 bits per heavy atom. The van der Waals surface area contributed by atoms with Crippen molar-refractivity contribution in [1.82, 2.24) is 4.98 Å². The van der Waals surface area contributed by atoms with Gasteiger partial charge in [0.15, 0.2) is 0 Å². The van der Waals surface area contributed by atoms with Crippen LogP contribution < -0.4 is 4.74 Å². The first kappa shape index (κ1) is 12.8. The molecule has 0 amide bonds. The van der Waals surface area contributed by atoms with Crippen molar-refractivity contribution in [2.45, 2.75) is 4.83 Å². The number of benzene rings is 1. The highest BCUT2D eigenvalue weighted by Gasteiger charge is 2.16. The lowest BCUT2D eigenvalue weighted by Gasteiger charge is -2.11. The number of halogens is 1. The normalized spacial score (nSPS) is 12.1. The van der Waals surface area contributed by atoms with Crippen LogP contribution in [0.4, 0.5) is 0 Å². The summed E-state index contributed by atoms with van der Waals surface area (Å²) in [5.41, 5.74) is 0.860. The number of carbonyl (C=O) groups is 1. The minimum atomic E-state index is -0.477. The van der Waals surface area contributed by atoms with E-state index in [1.54, 1.807) is 6.20 Å². The molecule has 0 N–H and O–H groups in total. The maximum Gasteiger partial charge on any atom is 0.322 e. The summed E-state index contributed by atoms with van der Waals surface area (Å²) in [7, 11) is 1.35. The molecule has 0 aliphatic heterocycles. The topological polar surface area (TPSA) is 48.4 Å². The molecule has 1 unspecified atom stereocenters. The van der Waals surface area contributed by atoms with Crippen LogP contribution in [0.15, 0.2) is 36.5 Å². The van der Waals surface area contributed by atoms with Crippen molar-refractivity contribution < 1.29 is 14.3 Å². The molecule has 1 atom stereocenters. The number of pyridine rings is 1. The lowest BCUT2D eigenvalue weighted by molar-refractivity contribution is -0.140. The highest BCUT2D eigenvalue weighted by Crippen LogP contribution is 2.24. The van der Waals surface area contributed by atoms with Crippen LogP contribution in [0.5, 0.6) is 5.75 Å². The third kappa shape index (κ3) is 2.79. The van der Waals surface area contributed by atoms with E-state index in [4.69, 9.17) is 4.74 Å². The smallest absolute Gasteiger partial charge is 0.322 e. The molecule has 0 aliphatic rings. The number of fused-ring (bicyclic) bond motifs is 1. The second kappa shape index (κ2) is 5.82. The summed E-state index contributed by atoms with van der Waals surface area (Å²) < 4.78 is 10.2. The van der Waals surface area contributed by atoms with Gasteiger partial charge in [0.25, 0.3) is 0 Å². The van der Waals surface area contributed by atoms with Gasteiger partial charge < -0.3 is 9.47 Å². The van der Waals surface area contributed by atoms with Crippen LogP contribution in [0.2, 0.25) is 0 Å². The molecular weight excluding hydrogens is 298 g/mol. The van der Waals surface area contributed by atoms with Gasteiger partial charge in [0.1, 0.15) is 17.2 Å². The Labute approximate surface area is 113 Å². The molecule has 1 aromatic heterocycles. The minimum absolute atomic E-state index is 0.209. The van der Waals surface area contributed by atoms with Gasteiger partial charge in [-0.25, -0.2) is 0 Å². The van der Waals surface area contributed by atoms with E-state index in [2.05, 4.69) is 25.7 Å². The number of aromatic nitrogens is 1. The van der Waals surface area contributed by atoms with E-state index in [1.165, 1.54) is 7.11 Å². The van der Waals surface area contributed by atoms with E-state index in [1.807, 2.05) is 30.3 Å². The molecule has 0 aliphatic carbocycles. The lowest BCUT2D eigenvalue weighted by Crippen LogP contribution is -2.22. The van der Waals surface area contributed by atoms with E-state index in [0.717, 1.165) is 10.9 Å². The maximum absolute atomic E-state index is 11.2. The molecule has 0 spiro atoms. The van der Waals surface area contributed by atoms with Crippen LogP contribution in [0.25, 0.3) is 10.9 Å². The Bertz CT molecular complexity index is 553. The van der Waals surface area contributed by atoms with Crippen molar-refractivity contribution in [2.75, 3.05) is 13.7 Å². The van der Waals surface area contributed by atoms with E-state index >= 15 is 0 Å². The van der Waals surface area contributed by atoms with Crippen molar-refractivity contribution in [3.63, 3.8) is 0 Å². The molecule has 1 heterocycles. The van der Waals surface area contributed by atoms with Crippen molar-refractivity contribution in [2.24, 2.45) is 0 Å². The number of alkyl halides is 1. The van der Waals surface area contributed by atoms with Gasteiger partial charge in [-0.3, -0.25) is 9.78 Å². The Morgan fingerprint density at radius 1 is 1.39 bits per heavy atom. The molecule has 0 bridgehead atoms. The third-order valence-electron chi connectivity index (χ3n) is 2.45. The molecule has 2 aromatic rings. The van der Waals surface area contributed by atoms with Gasteiger partial charge in [0, 0.05) is 11.6 Å². The molecule has 0 saturated heterocycles. The molecule has 18 heavy (non-hydrogen) atoms. The quantitative estimate of drug-likeness (QED) is 0.643. The van der Waals surface area contributed by atoms with E-state index in [9.17, 15) is 4.79 Å². The Morgan fingerprint density at radius 3 is 3.00 bits per heavy atom. The van der Waals surface area contributed by atoms with Gasteiger partial charge in [0.05, 0.1) is 12.6 Å². The zero-order chi connectivity index (χ0) is 13.0. The Balaban J connectivity index is 2.15. The summed E-state index contributed by atoms with van der Waals surface area (Å²) in [6.45, 7) is 0.209. The SMILES string of the molecule is COC(=O)C(Br)COc1cccc2ncccc12. The highest BCUT2D eigenvalue weighted by atomic mass is 79.9.